The third kappa shape index (κ3) is 3.08. The lowest BCUT2D eigenvalue weighted by Crippen LogP contribution is -2.36. The van der Waals surface area contributed by atoms with Crippen LogP contribution >= 0.6 is 11.6 Å². The van der Waals surface area contributed by atoms with Crippen molar-refractivity contribution >= 4 is 38.2 Å². The van der Waals surface area contributed by atoms with Crippen LogP contribution in [-0.4, -0.2) is 36.9 Å². The summed E-state index contributed by atoms with van der Waals surface area (Å²) in [6, 6.07) is 6.71. The third-order valence-electron chi connectivity index (χ3n) is 3.78. The number of hydrogen-bond donors (Lipinski definition) is 1. The van der Waals surface area contributed by atoms with Gasteiger partial charge in [-0.3, -0.25) is 9.78 Å². The molecule has 1 aliphatic heterocycles. The normalized spacial score (nSPS) is 20.2. The molecule has 1 amide bonds. The van der Waals surface area contributed by atoms with Gasteiger partial charge in [0.2, 0.25) is 0 Å². The summed E-state index contributed by atoms with van der Waals surface area (Å²) in [5.74, 6) is -0.165. The van der Waals surface area contributed by atoms with Crippen molar-refractivity contribution in [1.29, 1.82) is 0 Å². The van der Waals surface area contributed by atoms with E-state index in [1.165, 1.54) is 0 Å². The molecule has 0 radical (unpaired) electrons. The van der Waals surface area contributed by atoms with Gasteiger partial charge in [-0.2, -0.15) is 0 Å². The van der Waals surface area contributed by atoms with Gasteiger partial charge in [0, 0.05) is 16.5 Å². The first-order chi connectivity index (χ1) is 10.3. The number of sulfone groups is 1. The number of rotatable bonds is 2. The van der Waals surface area contributed by atoms with Crippen LogP contribution in [0.15, 0.2) is 24.3 Å². The molecule has 0 spiro atoms. The number of nitrogens with one attached hydrogen (secondary N) is 1. The lowest BCUT2D eigenvalue weighted by molar-refractivity contribution is 0.0940. The standard InChI is InChI=1S/C15H15ClN2O3S/c1-9-13(7-10-6-11(16)2-3-14(10)17-9)15(19)18-12-4-5-22(20,21)8-12/h2-3,6-7,12H,4-5,8H2,1H3,(H,18,19). The molecular weight excluding hydrogens is 324 g/mol. The number of benzene rings is 1. The average Bonchev–Trinajstić information content (AvgIpc) is 2.77. The molecule has 1 aromatic carbocycles. The Labute approximate surface area is 133 Å². The molecule has 7 heteroatoms. The molecular formula is C15H15ClN2O3S. The number of aryl methyl sites for hydroxylation is 1. The molecule has 0 bridgehead atoms. The molecule has 3 rings (SSSR count). The topological polar surface area (TPSA) is 76.1 Å². The summed E-state index contributed by atoms with van der Waals surface area (Å²) in [7, 11) is -3.02. The van der Waals surface area contributed by atoms with Gasteiger partial charge < -0.3 is 5.32 Å². The summed E-state index contributed by atoms with van der Waals surface area (Å²) in [5, 5.41) is 4.14. The van der Waals surface area contributed by atoms with Crippen molar-refractivity contribution in [1.82, 2.24) is 10.3 Å². The Hall–Kier alpha value is -1.66. The van der Waals surface area contributed by atoms with Crippen LogP contribution < -0.4 is 5.32 Å². The van der Waals surface area contributed by atoms with Gasteiger partial charge in [0.05, 0.1) is 28.3 Å². The maximum Gasteiger partial charge on any atom is 0.253 e. The first kappa shape index (κ1) is 15.2. The van der Waals surface area contributed by atoms with E-state index in [-0.39, 0.29) is 23.5 Å². The molecule has 2 heterocycles. The zero-order valence-corrected chi connectivity index (χ0v) is 13.5. The number of hydrogen-bond acceptors (Lipinski definition) is 4. The fraction of sp³-hybridized carbons (Fsp3) is 0.333. The Bertz CT molecular complexity index is 864. The highest BCUT2D eigenvalue weighted by Crippen LogP contribution is 2.21. The number of carbonyl (C=O) groups excluding carboxylic acids is 1. The Balaban J connectivity index is 1.89. The Morgan fingerprint density at radius 3 is 2.82 bits per heavy atom. The third-order valence-corrected chi connectivity index (χ3v) is 5.78. The molecule has 0 saturated carbocycles. The van der Waals surface area contributed by atoms with E-state index in [9.17, 15) is 13.2 Å². The van der Waals surface area contributed by atoms with Crippen molar-refractivity contribution < 1.29 is 13.2 Å². The summed E-state index contributed by atoms with van der Waals surface area (Å²) in [6.45, 7) is 1.76. The highest BCUT2D eigenvalue weighted by atomic mass is 35.5. The van der Waals surface area contributed by atoms with E-state index in [1.54, 1.807) is 31.2 Å². The first-order valence-corrected chi connectivity index (χ1v) is 9.12. The lowest BCUT2D eigenvalue weighted by atomic mass is 10.1. The number of pyridine rings is 1. The van der Waals surface area contributed by atoms with Crippen LogP contribution in [-0.2, 0) is 9.84 Å². The second-order valence-corrected chi connectivity index (χ2v) is 8.20. The molecule has 116 valence electrons. The van der Waals surface area contributed by atoms with Crippen molar-refractivity contribution in [2.24, 2.45) is 0 Å². The van der Waals surface area contributed by atoms with Gasteiger partial charge in [-0.15, -0.1) is 0 Å². The van der Waals surface area contributed by atoms with Gasteiger partial charge in [0.15, 0.2) is 9.84 Å². The predicted molar refractivity (Wildman–Crippen MR) is 86.0 cm³/mol. The van der Waals surface area contributed by atoms with Crippen LogP contribution in [0, 0.1) is 6.92 Å². The molecule has 1 N–H and O–H groups in total. The Kier molecular flexibility index (Phi) is 3.82. The molecule has 5 nitrogen and oxygen atoms in total. The molecule has 2 aromatic rings. The van der Waals surface area contributed by atoms with Crippen molar-refractivity contribution in [3.05, 3.63) is 40.5 Å². The van der Waals surface area contributed by atoms with Gasteiger partial charge in [0.1, 0.15) is 0 Å². The minimum absolute atomic E-state index is 0.00459. The zero-order chi connectivity index (χ0) is 15.9. The second kappa shape index (κ2) is 5.52. The number of nitrogens with zero attached hydrogens (tertiary/aromatic N) is 1. The number of halogens is 1. The fourth-order valence-corrected chi connectivity index (χ4v) is 4.50. The average molecular weight is 339 g/mol. The van der Waals surface area contributed by atoms with Crippen molar-refractivity contribution in [3.63, 3.8) is 0 Å². The molecule has 1 fully saturated rings. The fourth-order valence-electron chi connectivity index (χ4n) is 2.65. The van der Waals surface area contributed by atoms with Crippen molar-refractivity contribution in [2.45, 2.75) is 19.4 Å². The molecule has 1 aliphatic rings. The first-order valence-electron chi connectivity index (χ1n) is 6.92. The van der Waals surface area contributed by atoms with E-state index in [0.717, 1.165) is 10.9 Å². The molecule has 1 saturated heterocycles. The molecule has 1 aromatic heterocycles. The molecule has 1 atom stereocenters. The van der Waals surface area contributed by atoms with Crippen molar-refractivity contribution in [3.8, 4) is 0 Å². The lowest BCUT2D eigenvalue weighted by Gasteiger charge is -2.13. The van der Waals surface area contributed by atoms with E-state index in [1.807, 2.05) is 0 Å². The highest BCUT2D eigenvalue weighted by Gasteiger charge is 2.29. The van der Waals surface area contributed by atoms with Crippen LogP contribution in [0.25, 0.3) is 10.9 Å². The number of aromatic nitrogens is 1. The predicted octanol–water partition coefficient (Wildman–Crippen LogP) is 2.11. The van der Waals surface area contributed by atoms with Gasteiger partial charge in [-0.05, 0) is 37.6 Å². The van der Waals surface area contributed by atoms with Crippen LogP contribution in [0.3, 0.4) is 0 Å². The van der Waals surface area contributed by atoms with Gasteiger partial charge in [-0.1, -0.05) is 11.6 Å². The minimum Gasteiger partial charge on any atom is -0.348 e. The van der Waals surface area contributed by atoms with Gasteiger partial charge in [-0.25, -0.2) is 8.42 Å². The number of fused-ring (bicyclic) bond motifs is 1. The summed E-state index contributed by atoms with van der Waals surface area (Å²) < 4.78 is 22.9. The SMILES string of the molecule is Cc1nc2ccc(Cl)cc2cc1C(=O)NC1CCS(=O)(=O)C1. The molecule has 22 heavy (non-hydrogen) atoms. The van der Waals surface area contributed by atoms with E-state index in [2.05, 4.69) is 10.3 Å². The maximum absolute atomic E-state index is 12.4. The van der Waals surface area contributed by atoms with E-state index in [0.29, 0.717) is 22.7 Å². The second-order valence-electron chi connectivity index (χ2n) is 5.53. The zero-order valence-electron chi connectivity index (χ0n) is 12.0. The smallest absolute Gasteiger partial charge is 0.253 e. The Morgan fingerprint density at radius 2 is 2.14 bits per heavy atom. The van der Waals surface area contributed by atoms with Crippen LogP contribution in [0.5, 0.6) is 0 Å². The van der Waals surface area contributed by atoms with Crippen LogP contribution in [0.1, 0.15) is 22.5 Å². The largest absolute Gasteiger partial charge is 0.348 e. The Morgan fingerprint density at radius 1 is 1.36 bits per heavy atom. The van der Waals surface area contributed by atoms with Crippen molar-refractivity contribution in [2.75, 3.05) is 11.5 Å². The maximum atomic E-state index is 12.4. The summed E-state index contributed by atoms with van der Waals surface area (Å²) in [4.78, 5) is 16.8. The quantitative estimate of drug-likeness (QED) is 0.910. The summed E-state index contributed by atoms with van der Waals surface area (Å²) in [6.07, 6.45) is 0.458. The summed E-state index contributed by atoms with van der Waals surface area (Å²) in [5.41, 5.74) is 1.81. The van der Waals surface area contributed by atoms with Gasteiger partial charge >= 0.3 is 0 Å². The van der Waals surface area contributed by atoms with E-state index < -0.39 is 9.84 Å². The number of carbonyl (C=O) groups is 1. The number of amides is 1. The molecule has 0 aliphatic carbocycles. The summed E-state index contributed by atoms with van der Waals surface area (Å²) >= 11 is 5.96. The molecule has 1 unspecified atom stereocenters. The monoisotopic (exact) mass is 338 g/mol. The van der Waals surface area contributed by atoms with E-state index in [4.69, 9.17) is 11.6 Å². The van der Waals surface area contributed by atoms with Crippen LogP contribution in [0.4, 0.5) is 0 Å². The van der Waals surface area contributed by atoms with Crippen LogP contribution in [0.2, 0.25) is 5.02 Å². The highest BCUT2D eigenvalue weighted by molar-refractivity contribution is 7.91. The van der Waals surface area contributed by atoms with E-state index >= 15 is 0 Å². The minimum atomic E-state index is -3.02. The van der Waals surface area contributed by atoms with Gasteiger partial charge in [0.25, 0.3) is 5.91 Å².